The van der Waals surface area contributed by atoms with Crippen LogP contribution in [0.4, 0.5) is 0 Å². The third-order valence-electron chi connectivity index (χ3n) is 5.55. The van der Waals surface area contributed by atoms with Crippen molar-refractivity contribution in [3.63, 3.8) is 0 Å². The number of nitrogens with one attached hydrogen (secondary N) is 1. The first-order valence-electron chi connectivity index (χ1n) is 8.52. The number of halogens is 1. The Morgan fingerprint density at radius 2 is 2.13 bits per heavy atom. The quantitative estimate of drug-likeness (QED) is 0.801. The highest BCUT2D eigenvalue weighted by atomic mass is 35.5. The number of fused-ring (bicyclic) bond motifs is 1. The monoisotopic (exact) mass is 361 g/mol. The van der Waals surface area contributed by atoms with Crippen LogP contribution in [0, 0.1) is 5.92 Å². The number of carbonyl (C=O) groups is 2. The first-order valence-corrected chi connectivity index (χ1v) is 9.50. The summed E-state index contributed by atoms with van der Waals surface area (Å²) >= 11 is 1.74. The molecule has 1 saturated carbocycles. The molecular formula is C16H28ClN3O2S. The van der Waals surface area contributed by atoms with Crippen LogP contribution in [0.25, 0.3) is 0 Å². The van der Waals surface area contributed by atoms with Crippen molar-refractivity contribution in [1.82, 2.24) is 10.2 Å². The van der Waals surface area contributed by atoms with Gasteiger partial charge >= 0.3 is 0 Å². The largest absolute Gasteiger partial charge is 0.350 e. The molecule has 0 radical (unpaired) electrons. The summed E-state index contributed by atoms with van der Waals surface area (Å²) in [4.78, 5) is 26.5. The number of hydrogen-bond donors (Lipinski definition) is 2. The molecule has 3 atom stereocenters. The number of carbonyl (C=O) groups excluding carboxylic acids is 2. The zero-order valence-electron chi connectivity index (χ0n) is 13.8. The highest BCUT2D eigenvalue weighted by Gasteiger charge is 2.53. The number of nitrogens with zero attached hydrogens (tertiary/aromatic N) is 1. The molecule has 0 bridgehead atoms. The Labute approximate surface area is 148 Å². The Morgan fingerprint density at radius 3 is 2.78 bits per heavy atom. The Morgan fingerprint density at radius 1 is 1.43 bits per heavy atom. The summed E-state index contributed by atoms with van der Waals surface area (Å²) in [7, 11) is 0. The summed E-state index contributed by atoms with van der Waals surface area (Å²) in [6.45, 7) is 2.57. The summed E-state index contributed by atoms with van der Waals surface area (Å²) in [5.41, 5.74) is 5.91. The van der Waals surface area contributed by atoms with Gasteiger partial charge in [0.15, 0.2) is 0 Å². The maximum Gasteiger partial charge on any atom is 0.243 e. The zero-order chi connectivity index (χ0) is 15.7. The molecule has 0 aromatic heterocycles. The molecule has 2 saturated heterocycles. The molecule has 0 aromatic rings. The predicted octanol–water partition coefficient (Wildman–Crippen LogP) is 1.89. The van der Waals surface area contributed by atoms with E-state index in [1.54, 1.807) is 11.8 Å². The fourth-order valence-corrected chi connectivity index (χ4v) is 5.63. The molecule has 132 valence electrons. The van der Waals surface area contributed by atoms with Gasteiger partial charge in [0, 0.05) is 24.8 Å². The lowest BCUT2D eigenvalue weighted by Gasteiger charge is -2.33. The number of amides is 2. The van der Waals surface area contributed by atoms with E-state index in [0.717, 1.165) is 19.3 Å². The van der Waals surface area contributed by atoms with E-state index in [4.69, 9.17) is 5.73 Å². The molecule has 3 unspecified atom stereocenters. The van der Waals surface area contributed by atoms with Gasteiger partial charge in [0.05, 0.1) is 4.87 Å². The summed E-state index contributed by atoms with van der Waals surface area (Å²) in [5, 5.41) is 3.16. The van der Waals surface area contributed by atoms with Crippen LogP contribution in [0.3, 0.4) is 0 Å². The second-order valence-electron chi connectivity index (χ2n) is 7.01. The van der Waals surface area contributed by atoms with Crippen LogP contribution in [0.15, 0.2) is 0 Å². The van der Waals surface area contributed by atoms with Crippen LogP contribution in [0.5, 0.6) is 0 Å². The smallest absolute Gasteiger partial charge is 0.243 e. The minimum atomic E-state index is -0.317. The van der Waals surface area contributed by atoms with Gasteiger partial charge < -0.3 is 16.0 Å². The van der Waals surface area contributed by atoms with E-state index in [2.05, 4.69) is 12.2 Å². The van der Waals surface area contributed by atoms with E-state index in [1.807, 2.05) is 4.90 Å². The highest BCUT2D eigenvalue weighted by molar-refractivity contribution is 8.01. The molecule has 3 N–H and O–H groups in total. The van der Waals surface area contributed by atoms with Crippen molar-refractivity contribution in [1.29, 1.82) is 0 Å². The minimum Gasteiger partial charge on any atom is -0.350 e. The fourth-order valence-electron chi connectivity index (χ4n) is 4.20. The lowest BCUT2D eigenvalue weighted by atomic mass is 9.84. The van der Waals surface area contributed by atoms with E-state index >= 15 is 0 Å². The fraction of sp³-hybridized carbons (Fsp3) is 0.875. The first kappa shape index (κ1) is 18.9. The van der Waals surface area contributed by atoms with E-state index < -0.39 is 0 Å². The Balaban J connectivity index is 0.00000192. The molecule has 3 rings (SSSR count). The van der Waals surface area contributed by atoms with Crippen LogP contribution in [-0.4, -0.2) is 46.0 Å². The molecule has 3 fully saturated rings. The third kappa shape index (κ3) is 3.64. The Kier molecular flexibility index (Phi) is 6.25. The molecule has 3 aliphatic rings. The summed E-state index contributed by atoms with van der Waals surface area (Å²) < 4.78 is 0. The van der Waals surface area contributed by atoms with Crippen molar-refractivity contribution < 1.29 is 9.59 Å². The zero-order valence-corrected chi connectivity index (χ0v) is 15.4. The normalized spacial score (nSPS) is 32.3. The topological polar surface area (TPSA) is 75.4 Å². The third-order valence-corrected chi connectivity index (χ3v) is 7.05. The summed E-state index contributed by atoms with van der Waals surface area (Å²) in [5.74, 6) is 1.32. The van der Waals surface area contributed by atoms with Gasteiger partial charge in [-0.25, -0.2) is 0 Å². The van der Waals surface area contributed by atoms with Gasteiger partial charge in [-0.3, -0.25) is 9.59 Å². The van der Waals surface area contributed by atoms with Crippen LogP contribution in [0.2, 0.25) is 0 Å². The number of nitrogens with two attached hydrogens (primary N) is 1. The lowest BCUT2D eigenvalue weighted by molar-refractivity contribution is -0.138. The van der Waals surface area contributed by atoms with Gasteiger partial charge in [-0.15, -0.1) is 24.2 Å². The van der Waals surface area contributed by atoms with E-state index in [0.29, 0.717) is 24.6 Å². The van der Waals surface area contributed by atoms with Gasteiger partial charge in [0.1, 0.15) is 6.04 Å². The molecule has 2 amide bonds. The van der Waals surface area contributed by atoms with Gasteiger partial charge in [-0.2, -0.15) is 0 Å². The highest BCUT2D eigenvalue weighted by Crippen LogP contribution is 2.47. The van der Waals surface area contributed by atoms with Crippen molar-refractivity contribution in [2.75, 3.05) is 12.3 Å². The molecular weight excluding hydrogens is 334 g/mol. The van der Waals surface area contributed by atoms with Crippen LogP contribution in [0.1, 0.15) is 51.9 Å². The Bertz CT molecular complexity index is 459. The van der Waals surface area contributed by atoms with Crippen molar-refractivity contribution in [2.45, 2.75) is 68.8 Å². The van der Waals surface area contributed by atoms with Crippen molar-refractivity contribution >= 4 is 36.0 Å². The average Bonchev–Trinajstić information content (AvgIpc) is 3.02. The molecule has 1 aliphatic carbocycles. The molecule has 23 heavy (non-hydrogen) atoms. The van der Waals surface area contributed by atoms with E-state index in [9.17, 15) is 9.59 Å². The molecule has 0 spiro atoms. The van der Waals surface area contributed by atoms with Gasteiger partial charge in [0.2, 0.25) is 11.8 Å². The minimum absolute atomic E-state index is 0. The number of hydrogen-bond acceptors (Lipinski definition) is 4. The van der Waals surface area contributed by atoms with Gasteiger partial charge in [-0.1, -0.05) is 19.3 Å². The van der Waals surface area contributed by atoms with E-state index in [-0.39, 0.29) is 41.2 Å². The maximum atomic E-state index is 12.7. The summed E-state index contributed by atoms with van der Waals surface area (Å²) in [6, 6.07) is -0.259. The second kappa shape index (κ2) is 7.62. The van der Waals surface area contributed by atoms with Gasteiger partial charge in [0.25, 0.3) is 0 Å². The lowest BCUT2D eigenvalue weighted by Crippen LogP contribution is -2.55. The molecule has 0 aromatic carbocycles. The van der Waals surface area contributed by atoms with Gasteiger partial charge in [-0.05, 0) is 32.1 Å². The first-order chi connectivity index (χ1) is 10.5. The SMILES string of the molecule is CC12CCC(=O)N1C(C(=O)NC(CN)C1CCCCC1)CS2.Cl. The number of thioether (sulfide) groups is 1. The predicted molar refractivity (Wildman–Crippen MR) is 95.5 cm³/mol. The molecule has 2 aliphatic heterocycles. The maximum absolute atomic E-state index is 12.7. The van der Waals surface area contributed by atoms with Crippen molar-refractivity contribution in [2.24, 2.45) is 11.7 Å². The van der Waals surface area contributed by atoms with Crippen LogP contribution < -0.4 is 11.1 Å². The van der Waals surface area contributed by atoms with E-state index in [1.165, 1.54) is 19.3 Å². The van der Waals surface area contributed by atoms with Crippen molar-refractivity contribution in [3.8, 4) is 0 Å². The summed E-state index contributed by atoms with van der Waals surface area (Å²) in [6.07, 6.45) is 7.49. The Hall–Kier alpha value is -0.460. The van der Waals surface area contributed by atoms with Crippen LogP contribution >= 0.6 is 24.2 Å². The molecule has 5 nitrogen and oxygen atoms in total. The second-order valence-corrected chi connectivity index (χ2v) is 8.52. The molecule has 2 heterocycles. The molecule has 7 heteroatoms. The van der Waals surface area contributed by atoms with Crippen molar-refractivity contribution in [3.05, 3.63) is 0 Å². The standard InChI is InChI=1S/C16H27N3O2S.ClH/c1-16-8-7-14(20)19(16)13(10-22-16)15(21)18-12(9-17)11-5-3-2-4-6-11;/h11-13H,2-10,17H2,1H3,(H,18,21);1H. The average molecular weight is 362 g/mol. The number of rotatable bonds is 4. The van der Waals surface area contributed by atoms with Crippen LogP contribution in [-0.2, 0) is 9.59 Å².